The Morgan fingerprint density at radius 2 is 1.65 bits per heavy atom. The highest BCUT2D eigenvalue weighted by atomic mass is 16.2. The number of aliphatic imine (C=N–C) groups is 1. The molecule has 0 saturated heterocycles. The van der Waals surface area contributed by atoms with Gasteiger partial charge in [0, 0.05) is 35.0 Å². The molecule has 2 aromatic rings. The van der Waals surface area contributed by atoms with Crippen LogP contribution in [0.15, 0.2) is 64.8 Å². The van der Waals surface area contributed by atoms with Crippen LogP contribution in [0.25, 0.3) is 0 Å². The number of rotatable bonds is 3. The van der Waals surface area contributed by atoms with Crippen molar-refractivity contribution in [3.8, 4) is 0 Å². The van der Waals surface area contributed by atoms with E-state index in [9.17, 15) is 9.59 Å². The molecule has 1 N–H and O–H groups in total. The number of aryl methyl sites for hydroxylation is 2. The van der Waals surface area contributed by atoms with Crippen LogP contribution in [0, 0.1) is 25.2 Å². The number of Topliss-reactive ketones (excluding diaryl/α,β-unsaturated/α-hetero) is 1. The first-order valence-electron chi connectivity index (χ1n) is 10.9. The lowest BCUT2D eigenvalue weighted by molar-refractivity contribution is -0.124. The Labute approximate surface area is 184 Å². The number of allylic oxidation sites excluding steroid dienone is 1. The Balaban J connectivity index is 1.82. The molecule has 4 rings (SSSR count). The minimum atomic E-state index is -0.378. The molecule has 1 heterocycles. The molecule has 31 heavy (non-hydrogen) atoms. The fourth-order valence-electron chi connectivity index (χ4n) is 4.93. The Hall–Kier alpha value is -3.01. The molecule has 4 heteroatoms. The summed E-state index contributed by atoms with van der Waals surface area (Å²) in [4.78, 5) is 31.7. The number of hydrogen-bond acceptors (Lipinski definition) is 3. The van der Waals surface area contributed by atoms with Crippen LogP contribution in [-0.2, 0) is 9.59 Å². The molecule has 2 aliphatic rings. The number of fused-ring (bicyclic) bond motifs is 1. The molecule has 1 saturated carbocycles. The summed E-state index contributed by atoms with van der Waals surface area (Å²) in [7, 11) is 0. The van der Waals surface area contributed by atoms with Gasteiger partial charge in [-0.2, -0.15) is 0 Å². The molecular formula is C27H30N2O2. The van der Waals surface area contributed by atoms with E-state index in [1.54, 1.807) is 0 Å². The van der Waals surface area contributed by atoms with Gasteiger partial charge in [-0.3, -0.25) is 14.6 Å². The molecule has 160 valence electrons. The van der Waals surface area contributed by atoms with Crippen molar-refractivity contribution >= 4 is 23.1 Å². The van der Waals surface area contributed by atoms with E-state index in [4.69, 9.17) is 4.99 Å². The van der Waals surface area contributed by atoms with E-state index in [1.165, 1.54) is 0 Å². The number of carbonyl (C=O) groups is 2. The molecule has 2 aromatic carbocycles. The predicted molar refractivity (Wildman–Crippen MR) is 125 cm³/mol. The van der Waals surface area contributed by atoms with Crippen LogP contribution < -0.4 is 5.32 Å². The van der Waals surface area contributed by atoms with Gasteiger partial charge < -0.3 is 5.32 Å². The van der Waals surface area contributed by atoms with Crippen LogP contribution in [0.2, 0.25) is 0 Å². The van der Waals surface area contributed by atoms with Crippen molar-refractivity contribution in [2.75, 3.05) is 5.32 Å². The minimum Gasteiger partial charge on any atom is -0.322 e. The maximum atomic E-state index is 13.5. The number of nitrogens with one attached hydrogen (secondary N) is 1. The van der Waals surface area contributed by atoms with E-state index in [1.807, 2.05) is 69.3 Å². The maximum Gasteiger partial charge on any atom is 0.254 e. The topological polar surface area (TPSA) is 58.5 Å². The first-order valence-corrected chi connectivity index (χ1v) is 10.9. The zero-order valence-electron chi connectivity index (χ0n) is 19.0. The van der Waals surface area contributed by atoms with Gasteiger partial charge in [-0.1, -0.05) is 61.9 Å². The van der Waals surface area contributed by atoms with Crippen molar-refractivity contribution in [2.45, 2.75) is 53.4 Å². The lowest BCUT2D eigenvalue weighted by Crippen LogP contribution is -2.44. The molecule has 2 atom stereocenters. The van der Waals surface area contributed by atoms with Gasteiger partial charge in [0.25, 0.3) is 5.91 Å². The Morgan fingerprint density at radius 3 is 2.32 bits per heavy atom. The number of para-hydroxylation sites is 1. The molecule has 1 unspecified atom stereocenters. The van der Waals surface area contributed by atoms with Crippen molar-refractivity contribution < 1.29 is 9.59 Å². The average molecular weight is 415 g/mol. The number of nitrogens with zero attached hydrogens (tertiary/aromatic N) is 1. The lowest BCUT2D eigenvalue weighted by atomic mass is 9.63. The Bertz CT molecular complexity index is 1110. The normalized spacial score (nSPS) is 22.6. The zero-order chi connectivity index (χ0) is 22.3. The maximum absolute atomic E-state index is 13.5. The summed E-state index contributed by atoms with van der Waals surface area (Å²) >= 11 is 0. The SMILES string of the molecule is CC1=C(C(=O)Nc2ccccc2C)[C@H](c2ccc(C)cc2)C2C(=O)CC(C)(C)CC2=N1. The summed E-state index contributed by atoms with van der Waals surface area (Å²) in [5.41, 5.74) is 6.02. The fourth-order valence-corrected chi connectivity index (χ4v) is 4.93. The van der Waals surface area contributed by atoms with Gasteiger partial charge in [0.2, 0.25) is 0 Å². The van der Waals surface area contributed by atoms with Crippen molar-refractivity contribution in [1.29, 1.82) is 0 Å². The zero-order valence-corrected chi connectivity index (χ0v) is 19.0. The third-order valence-electron chi connectivity index (χ3n) is 6.44. The van der Waals surface area contributed by atoms with Gasteiger partial charge in [0.05, 0.1) is 5.92 Å². The van der Waals surface area contributed by atoms with E-state index >= 15 is 0 Å². The third-order valence-corrected chi connectivity index (χ3v) is 6.44. The highest BCUT2D eigenvalue weighted by Crippen LogP contribution is 2.47. The number of benzene rings is 2. The van der Waals surface area contributed by atoms with Gasteiger partial charge in [-0.25, -0.2) is 0 Å². The fraction of sp³-hybridized carbons (Fsp3) is 0.370. The smallest absolute Gasteiger partial charge is 0.254 e. The lowest BCUT2D eigenvalue weighted by Gasteiger charge is -2.41. The van der Waals surface area contributed by atoms with Crippen molar-refractivity contribution in [1.82, 2.24) is 0 Å². The molecule has 0 spiro atoms. The van der Waals surface area contributed by atoms with Gasteiger partial charge in [-0.05, 0) is 49.8 Å². The Kier molecular flexibility index (Phi) is 5.42. The quantitative estimate of drug-likeness (QED) is 0.694. The van der Waals surface area contributed by atoms with Crippen molar-refractivity contribution in [3.63, 3.8) is 0 Å². The highest BCUT2D eigenvalue weighted by molar-refractivity contribution is 6.14. The van der Waals surface area contributed by atoms with Gasteiger partial charge in [-0.15, -0.1) is 0 Å². The summed E-state index contributed by atoms with van der Waals surface area (Å²) in [5.74, 6) is -0.704. The summed E-state index contributed by atoms with van der Waals surface area (Å²) < 4.78 is 0. The van der Waals surface area contributed by atoms with Crippen LogP contribution in [0.4, 0.5) is 5.69 Å². The van der Waals surface area contributed by atoms with E-state index < -0.39 is 0 Å². The summed E-state index contributed by atoms with van der Waals surface area (Å²) in [5, 5.41) is 3.07. The van der Waals surface area contributed by atoms with E-state index in [-0.39, 0.29) is 28.9 Å². The number of ketones is 1. The number of anilines is 1. The summed E-state index contributed by atoms with van der Waals surface area (Å²) in [6.07, 6.45) is 1.28. The second-order valence-corrected chi connectivity index (χ2v) is 9.72. The van der Waals surface area contributed by atoms with Crippen LogP contribution in [0.5, 0.6) is 0 Å². The van der Waals surface area contributed by atoms with Crippen LogP contribution >= 0.6 is 0 Å². The van der Waals surface area contributed by atoms with Crippen LogP contribution in [-0.4, -0.2) is 17.4 Å². The number of amides is 1. The van der Waals surface area contributed by atoms with E-state index in [0.717, 1.165) is 34.5 Å². The summed E-state index contributed by atoms with van der Waals surface area (Å²) in [6, 6.07) is 15.9. The molecule has 4 nitrogen and oxygen atoms in total. The van der Waals surface area contributed by atoms with Gasteiger partial charge in [0.15, 0.2) is 0 Å². The largest absolute Gasteiger partial charge is 0.322 e. The first kappa shape index (κ1) is 21.2. The number of carbonyl (C=O) groups excluding carboxylic acids is 2. The summed E-state index contributed by atoms with van der Waals surface area (Å²) in [6.45, 7) is 10.1. The molecule has 0 bridgehead atoms. The minimum absolute atomic E-state index is 0.106. The molecule has 0 aromatic heterocycles. The van der Waals surface area contributed by atoms with Crippen LogP contribution in [0.3, 0.4) is 0 Å². The second kappa shape index (κ2) is 7.92. The van der Waals surface area contributed by atoms with E-state index in [2.05, 4.69) is 19.2 Å². The highest BCUT2D eigenvalue weighted by Gasteiger charge is 2.47. The molecule has 0 radical (unpaired) electrons. The molecular weight excluding hydrogens is 384 g/mol. The molecule has 1 fully saturated rings. The average Bonchev–Trinajstić information content (AvgIpc) is 2.68. The van der Waals surface area contributed by atoms with E-state index in [0.29, 0.717) is 17.7 Å². The molecule has 1 aliphatic heterocycles. The standard InChI is InChI=1S/C27H30N2O2/c1-16-10-12-19(13-11-16)24-23(26(31)29-20-9-7-6-8-17(20)2)18(3)28-21-14-27(4,5)15-22(30)25(21)24/h6-13,24-25H,14-15H2,1-5H3,(H,29,31)/t24-,25?/m0/s1. The second-order valence-electron chi connectivity index (χ2n) is 9.72. The van der Waals surface area contributed by atoms with Crippen molar-refractivity contribution in [3.05, 3.63) is 76.5 Å². The first-order chi connectivity index (χ1) is 14.7. The third kappa shape index (κ3) is 4.12. The monoisotopic (exact) mass is 414 g/mol. The van der Waals surface area contributed by atoms with Gasteiger partial charge in [0.1, 0.15) is 5.78 Å². The van der Waals surface area contributed by atoms with Crippen LogP contribution in [0.1, 0.15) is 56.2 Å². The Morgan fingerprint density at radius 1 is 0.968 bits per heavy atom. The molecule has 1 amide bonds. The van der Waals surface area contributed by atoms with Crippen molar-refractivity contribution in [2.24, 2.45) is 16.3 Å². The predicted octanol–water partition coefficient (Wildman–Crippen LogP) is 5.76. The number of hydrogen-bond donors (Lipinski definition) is 1. The van der Waals surface area contributed by atoms with Gasteiger partial charge >= 0.3 is 0 Å². The molecule has 1 aliphatic carbocycles.